The highest BCUT2D eigenvalue weighted by molar-refractivity contribution is 9.10. The molecule has 0 aliphatic carbocycles. The second-order valence-corrected chi connectivity index (χ2v) is 5.12. The summed E-state index contributed by atoms with van der Waals surface area (Å²) in [6.07, 6.45) is 0.945. The molecule has 1 aliphatic heterocycles. The Bertz CT molecular complexity index is 439. The first kappa shape index (κ1) is 12.5. The first-order valence-electron chi connectivity index (χ1n) is 5.56. The Morgan fingerprint density at radius 1 is 1.59 bits per heavy atom. The van der Waals surface area contributed by atoms with Crippen molar-refractivity contribution in [2.45, 2.75) is 6.42 Å². The van der Waals surface area contributed by atoms with Crippen LogP contribution in [0, 0.1) is 11.7 Å². The predicted octanol–water partition coefficient (Wildman–Crippen LogP) is 2.01. The van der Waals surface area contributed by atoms with Crippen molar-refractivity contribution in [3.05, 3.63) is 34.1 Å². The molecule has 1 amide bonds. The molecule has 0 aromatic heterocycles. The fourth-order valence-corrected chi connectivity index (χ4v) is 2.56. The molecule has 1 aromatic carbocycles. The first-order chi connectivity index (χ1) is 8.11. The normalized spacial score (nSPS) is 19.7. The van der Waals surface area contributed by atoms with E-state index in [-0.39, 0.29) is 11.7 Å². The Kier molecular flexibility index (Phi) is 3.79. The topological polar surface area (TPSA) is 46.3 Å². The van der Waals surface area contributed by atoms with Crippen molar-refractivity contribution < 1.29 is 9.18 Å². The number of amides is 1. The van der Waals surface area contributed by atoms with Gasteiger partial charge in [-0.15, -0.1) is 0 Å². The van der Waals surface area contributed by atoms with E-state index in [1.165, 1.54) is 18.2 Å². The van der Waals surface area contributed by atoms with E-state index in [0.717, 1.165) is 13.0 Å². The predicted molar refractivity (Wildman–Crippen MR) is 67.2 cm³/mol. The monoisotopic (exact) mass is 300 g/mol. The van der Waals surface area contributed by atoms with Crippen molar-refractivity contribution in [2.24, 2.45) is 11.7 Å². The van der Waals surface area contributed by atoms with E-state index in [1.54, 1.807) is 4.90 Å². The van der Waals surface area contributed by atoms with Crippen molar-refractivity contribution in [3.8, 4) is 0 Å². The van der Waals surface area contributed by atoms with E-state index in [2.05, 4.69) is 15.9 Å². The van der Waals surface area contributed by atoms with Crippen LogP contribution < -0.4 is 5.73 Å². The van der Waals surface area contributed by atoms with Gasteiger partial charge in [-0.2, -0.15) is 0 Å². The van der Waals surface area contributed by atoms with E-state index < -0.39 is 0 Å². The molecule has 1 atom stereocenters. The number of rotatable bonds is 2. The van der Waals surface area contributed by atoms with Crippen molar-refractivity contribution in [3.63, 3.8) is 0 Å². The Morgan fingerprint density at radius 3 is 2.94 bits per heavy atom. The van der Waals surface area contributed by atoms with Crippen LogP contribution in [0.2, 0.25) is 0 Å². The minimum Gasteiger partial charge on any atom is -0.338 e. The van der Waals surface area contributed by atoms with Gasteiger partial charge in [0.05, 0.1) is 5.56 Å². The lowest BCUT2D eigenvalue weighted by atomic mass is 10.1. The summed E-state index contributed by atoms with van der Waals surface area (Å²) in [6.45, 7) is 2.03. The molecule has 5 heteroatoms. The second kappa shape index (κ2) is 5.14. The lowest BCUT2D eigenvalue weighted by Crippen LogP contribution is -2.30. The van der Waals surface area contributed by atoms with Crippen LogP contribution in [0.5, 0.6) is 0 Å². The molecule has 92 valence electrons. The molecule has 1 heterocycles. The van der Waals surface area contributed by atoms with Crippen LogP contribution in [0.1, 0.15) is 16.8 Å². The zero-order chi connectivity index (χ0) is 12.4. The summed E-state index contributed by atoms with van der Waals surface area (Å²) in [6, 6.07) is 4.12. The molecule has 1 unspecified atom stereocenters. The minimum atomic E-state index is -0.352. The highest BCUT2D eigenvalue weighted by Crippen LogP contribution is 2.23. The Hall–Kier alpha value is -0.940. The lowest BCUT2D eigenvalue weighted by Gasteiger charge is -2.17. The van der Waals surface area contributed by atoms with E-state index >= 15 is 0 Å². The summed E-state index contributed by atoms with van der Waals surface area (Å²) in [4.78, 5) is 13.9. The van der Waals surface area contributed by atoms with Gasteiger partial charge in [0.25, 0.3) is 5.91 Å². The molecule has 0 bridgehead atoms. The molecule has 1 saturated heterocycles. The van der Waals surface area contributed by atoms with E-state index in [0.29, 0.717) is 29.0 Å². The van der Waals surface area contributed by atoms with Gasteiger partial charge in [0.1, 0.15) is 5.82 Å². The van der Waals surface area contributed by atoms with Gasteiger partial charge in [-0.1, -0.05) is 0 Å². The van der Waals surface area contributed by atoms with Gasteiger partial charge >= 0.3 is 0 Å². The molecule has 2 rings (SSSR count). The van der Waals surface area contributed by atoms with Crippen LogP contribution in [0.3, 0.4) is 0 Å². The number of likely N-dealkylation sites (tertiary alicyclic amines) is 1. The van der Waals surface area contributed by atoms with Crippen molar-refractivity contribution in [1.82, 2.24) is 4.90 Å². The summed E-state index contributed by atoms with van der Waals surface area (Å²) >= 11 is 3.21. The Balaban J connectivity index is 2.15. The van der Waals surface area contributed by atoms with Gasteiger partial charge in [-0.3, -0.25) is 4.79 Å². The third kappa shape index (κ3) is 2.66. The molecular formula is C12H14BrFN2O. The average molecular weight is 301 g/mol. The zero-order valence-electron chi connectivity index (χ0n) is 9.33. The van der Waals surface area contributed by atoms with Crippen molar-refractivity contribution >= 4 is 21.8 Å². The van der Waals surface area contributed by atoms with Crippen molar-refractivity contribution in [2.75, 3.05) is 19.6 Å². The van der Waals surface area contributed by atoms with Gasteiger partial charge < -0.3 is 10.6 Å². The Morgan fingerprint density at radius 2 is 2.35 bits per heavy atom. The zero-order valence-corrected chi connectivity index (χ0v) is 10.9. The minimum absolute atomic E-state index is 0.0622. The summed E-state index contributed by atoms with van der Waals surface area (Å²) in [5.41, 5.74) is 6.09. The van der Waals surface area contributed by atoms with Crippen LogP contribution in [-0.4, -0.2) is 30.4 Å². The lowest BCUT2D eigenvalue weighted by molar-refractivity contribution is 0.0786. The summed E-state index contributed by atoms with van der Waals surface area (Å²) < 4.78 is 13.4. The first-order valence-corrected chi connectivity index (χ1v) is 6.35. The van der Waals surface area contributed by atoms with Crippen LogP contribution in [0.25, 0.3) is 0 Å². The summed E-state index contributed by atoms with van der Waals surface area (Å²) in [5, 5.41) is 0. The quantitative estimate of drug-likeness (QED) is 0.908. The third-order valence-corrected chi connectivity index (χ3v) is 3.72. The molecule has 1 aliphatic rings. The average Bonchev–Trinajstić information content (AvgIpc) is 2.76. The smallest absolute Gasteiger partial charge is 0.255 e. The van der Waals surface area contributed by atoms with Gasteiger partial charge in [0.15, 0.2) is 0 Å². The number of benzene rings is 1. The summed E-state index contributed by atoms with van der Waals surface area (Å²) in [7, 11) is 0. The summed E-state index contributed by atoms with van der Waals surface area (Å²) in [5.74, 6) is -0.0271. The molecule has 0 saturated carbocycles. The fourth-order valence-electron chi connectivity index (χ4n) is 2.04. The third-order valence-electron chi connectivity index (χ3n) is 3.07. The van der Waals surface area contributed by atoms with E-state index in [4.69, 9.17) is 5.73 Å². The van der Waals surface area contributed by atoms with Crippen LogP contribution in [0.4, 0.5) is 4.39 Å². The van der Waals surface area contributed by atoms with Crippen LogP contribution in [0.15, 0.2) is 22.7 Å². The number of hydrogen-bond acceptors (Lipinski definition) is 2. The number of carbonyl (C=O) groups is 1. The number of halogens is 2. The van der Waals surface area contributed by atoms with Gasteiger partial charge in [-0.05, 0) is 53.0 Å². The number of carbonyl (C=O) groups excluding carboxylic acids is 1. The van der Waals surface area contributed by atoms with Crippen LogP contribution in [-0.2, 0) is 0 Å². The maximum absolute atomic E-state index is 12.9. The molecular weight excluding hydrogens is 287 g/mol. The highest BCUT2D eigenvalue weighted by Gasteiger charge is 2.26. The Labute approximate surface area is 108 Å². The molecule has 1 fully saturated rings. The van der Waals surface area contributed by atoms with Crippen molar-refractivity contribution in [1.29, 1.82) is 0 Å². The van der Waals surface area contributed by atoms with E-state index in [9.17, 15) is 9.18 Å². The van der Waals surface area contributed by atoms with E-state index in [1.807, 2.05) is 0 Å². The maximum Gasteiger partial charge on any atom is 0.255 e. The molecule has 17 heavy (non-hydrogen) atoms. The molecule has 2 N–H and O–H groups in total. The SMILES string of the molecule is NCC1CCN(C(=O)c2ccc(F)cc2Br)C1. The maximum atomic E-state index is 12.9. The number of nitrogens with zero attached hydrogens (tertiary/aromatic N) is 1. The fraction of sp³-hybridized carbons (Fsp3) is 0.417. The van der Waals surface area contributed by atoms with Gasteiger partial charge in [-0.25, -0.2) is 4.39 Å². The number of hydrogen-bond donors (Lipinski definition) is 1. The van der Waals surface area contributed by atoms with Gasteiger partial charge in [0, 0.05) is 17.6 Å². The van der Waals surface area contributed by atoms with Gasteiger partial charge in [0.2, 0.25) is 0 Å². The molecule has 0 radical (unpaired) electrons. The van der Waals surface area contributed by atoms with Crippen LogP contribution >= 0.6 is 15.9 Å². The largest absolute Gasteiger partial charge is 0.338 e. The molecule has 1 aromatic rings. The highest BCUT2D eigenvalue weighted by atomic mass is 79.9. The molecule has 3 nitrogen and oxygen atoms in total. The second-order valence-electron chi connectivity index (χ2n) is 4.27. The number of nitrogens with two attached hydrogens (primary N) is 1. The molecule has 0 spiro atoms. The standard InChI is InChI=1S/C12H14BrFN2O/c13-11-5-9(14)1-2-10(11)12(17)16-4-3-8(6-15)7-16/h1-2,5,8H,3-4,6-7,15H2.